The van der Waals surface area contributed by atoms with Crippen LogP contribution in [0.3, 0.4) is 0 Å². The number of hydrogen-bond acceptors (Lipinski definition) is 3. The number of guanidine groups is 1. The first-order valence-corrected chi connectivity index (χ1v) is 8.80. The molecule has 6 nitrogen and oxygen atoms in total. The third kappa shape index (κ3) is 6.23. The van der Waals surface area contributed by atoms with E-state index in [1.807, 2.05) is 61.3 Å². The average molecular weight is 343 g/mol. The fourth-order valence-corrected chi connectivity index (χ4v) is 2.50. The van der Waals surface area contributed by atoms with Gasteiger partial charge in [0.25, 0.3) is 0 Å². The number of hydrogen-bond donors (Lipinski definition) is 3. The monoisotopic (exact) mass is 343 g/mol. The van der Waals surface area contributed by atoms with Gasteiger partial charge in [0.15, 0.2) is 5.96 Å². The molecule has 1 atom stereocenters. The number of aromatic nitrogens is 2. The molecule has 0 aliphatic carbocycles. The zero-order valence-electron chi connectivity index (χ0n) is 15.4. The first kappa shape index (κ1) is 19.0. The zero-order valence-corrected chi connectivity index (χ0v) is 15.4. The van der Waals surface area contributed by atoms with Crippen LogP contribution >= 0.6 is 0 Å². The van der Waals surface area contributed by atoms with Crippen LogP contribution in [-0.2, 0) is 12.1 Å². The Labute approximate surface area is 150 Å². The third-order valence-electron chi connectivity index (χ3n) is 3.90. The summed E-state index contributed by atoms with van der Waals surface area (Å²) in [7, 11) is 0. The normalized spacial score (nSPS) is 14.2. The summed E-state index contributed by atoms with van der Waals surface area (Å²) >= 11 is 0. The summed E-state index contributed by atoms with van der Waals surface area (Å²) in [5, 5.41) is 21.5. The van der Waals surface area contributed by atoms with E-state index in [1.165, 1.54) is 5.56 Å². The standard InChI is InChI=1S/C19H29N5O/c1-4-20-18(21-11-8-12-24-14-16(2)13-23-24)22-15-19(3,25)17-9-6-5-7-10-17/h5-7,9-10,13-14,25H,4,8,11-12,15H2,1-3H3,(H2,20,21,22). The van der Waals surface area contributed by atoms with Crippen molar-refractivity contribution in [3.63, 3.8) is 0 Å². The Morgan fingerprint density at radius 3 is 2.68 bits per heavy atom. The molecule has 0 aliphatic rings. The van der Waals surface area contributed by atoms with Gasteiger partial charge in [-0.3, -0.25) is 4.68 Å². The zero-order chi connectivity index (χ0) is 18.1. The van der Waals surface area contributed by atoms with Crippen molar-refractivity contribution >= 4 is 5.96 Å². The highest BCUT2D eigenvalue weighted by atomic mass is 16.3. The minimum Gasteiger partial charge on any atom is -0.384 e. The molecule has 0 aliphatic heterocycles. The lowest BCUT2D eigenvalue weighted by atomic mass is 9.96. The molecule has 3 N–H and O–H groups in total. The van der Waals surface area contributed by atoms with Crippen LogP contribution in [0.2, 0.25) is 0 Å². The van der Waals surface area contributed by atoms with Gasteiger partial charge in [0.05, 0.1) is 12.7 Å². The molecule has 0 saturated carbocycles. The Morgan fingerprint density at radius 1 is 1.28 bits per heavy atom. The number of aliphatic imine (C=N–C) groups is 1. The first-order valence-electron chi connectivity index (χ1n) is 8.80. The Morgan fingerprint density at radius 2 is 2.04 bits per heavy atom. The Hall–Kier alpha value is -2.34. The van der Waals surface area contributed by atoms with Crippen molar-refractivity contribution in [1.82, 2.24) is 20.4 Å². The van der Waals surface area contributed by atoms with Gasteiger partial charge in [0.2, 0.25) is 0 Å². The number of nitrogens with one attached hydrogen (secondary N) is 2. The summed E-state index contributed by atoms with van der Waals surface area (Å²) in [6.45, 7) is 8.58. The number of aryl methyl sites for hydroxylation is 2. The molecule has 1 unspecified atom stereocenters. The van der Waals surface area contributed by atoms with E-state index in [0.29, 0.717) is 6.54 Å². The fraction of sp³-hybridized carbons (Fsp3) is 0.474. The highest BCUT2D eigenvalue weighted by Gasteiger charge is 2.22. The maximum atomic E-state index is 10.7. The molecule has 0 fully saturated rings. The van der Waals surface area contributed by atoms with Gasteiger partial charge in [-0.2, -0.15) is 5.10 Å². The van der Waals surface area contributed by atoms with E-state index in [1.54, 1.807) is 6.92 Å². The summed E-state index contributed by atoms with van der Waals surface area (Å²) in [6.07, 6.45) is 4.85. The summed E-state index contributed by atoms with van der Waals surface area (Å²) in [4.78, 5) is 4.53. The minimum atomic E-state index is -0.990. The predicted octanol–water partition coefficient (Wildman–Crippen LogP) is 2.04. The van der Waals surface area contributed by atoms with Crippen LogP contribution in [0.15, 0.2) is 47.7 Å². The largest absolute Gasteiger partial charge is 0.384 e. The van der Waals surface area contributed by atoms with E-state index in [-0.39, 0.29) is 0 Å². The second kappa shape index (κ2) is 9.22. The highest BCUT2D eigenvalue weighted by Crippen LogP contribution is 2.20. The molecule has 136 valence electrons. The molecular formula is C19H29N5O. The summed E-state index contributed by atoms with van der Waals surface area (Å²) in [6, 6.07) is 9.63. The lowest BCUT2D eigenvalue weighted by molar-refractivity contribution is 0.0672. The SMILES string of the molecule is CCNC(=NCC(C)(O)c1ccccc1)NCCCn1cc(C)cn1. The summed E-state index contributed by atoms with van der Waals surface area (Å²) in [5.74, 6) is 0.718. The van der Waals surface area contributed by atoms with Crippen LogP contribution in [0.4, 0.5) is 0 Å². The lowest BCUT2D eigenvalue weighted by Gasteiger charge is -2.22. The number of aliphatic hydroxyl groups is 1. The maximum Gasteiger partial charge on any atom is 0.191 e. The van der Waals surface area contributed by atoms with Gasteiger partial charge in [-0.1, -0.05) is 30.3 Å². The Balaban J connectivity index is 1.85. The molecule has 0 bridgehead atoms. The molecule has 0 saturated heterocycles. The molecule has 25 heavy (non-hydrogen) atoms. The molecule has 1 heterocycles. The van der Waals surface area contributed by atoms with Crippen molar-refractivity contribution in [3.05, 3.63) is 53.9 Å². The van der Waals surface area contributed by atoms with Gasteiger partial charge in [-0.05, 0) is 38.3 Å². The fourth-order valence-electron chi connectivity index (χ4n) is 2.50. The van der Waals surface area contributed by atoms with Crippen molar-refractivity contribution in [3.8, 4) is 0 Å². The van der Waals surface area contributed by atoms with Crippen LogP contribution in [0, 0.1) is 6.92 Å². The molecule has 6 heteroatoms. The van der Waals surface area contributed by atoms with E-state index in [4.69, 9.17) is 0 Å². The van der Waals surface area contributed by atoms with Crippen LogP contribution < -0.4 is 10.6 Å². The molecule has 2 rings (SSSR count). The minimum absolute atomic E-state index is 0.296. The predicted molar refractivity (Wildman–Crippen MR) is 102 cm³/mol. The molecule has 1 aromatic carbocycles. The van der Waals surface area contributed by atoms with Gasteiger partial charge in [-0.15, -0.1) is 0 Å². The van der Waals surface area contributed by atoms with Crippen molar-refractivity contribution in [2.24, 2.45) is 4.99 Å². The smallest absolute Gasteiger partial charge is 0.191 e. The van der Waals surface area contributed by atoms with Crippen molar-refractivity contribution < 1.29 is 5.11 Å². The second-order valence-corrected chi connectivity index (χ2v) is 6.40. The Kier molecular flexibility index (Phi) is 7.01. The quantitative estimate of drug-likeness (QED) is 0.390. The van der Waals surface area contributed by atoms with Crippen molar-refractivity contribution in [2.75, 3.05) is 19.6 Å². The lowest BCUT2D eigenvalue weighted by Crippen LogP contribution is -2.39. The molecule has 0 radical (unpaired) electrons. The molecule has 2 aromatic rings. The molecular weight excluding hydrogens is 314 g/mol. The highest BCUT2D eigenvalue weighted by molar-refractivity contribution is 5.79. The van der Waals surface area contributed by atoms with Crippen LogP contribution in [-0.4, -0.2) is 40.5 Å². The van der Waals surface area contributed by atoms with E-state index in [9.17, 15) is 5.11 Å². The molecule has 1 aromatic heterocycles. The van der Waals surface area contributed by atoms with Crippen LogP contribution in [0.25, 0.3) is 0 Å². The van der Waals surface area contributed by atoms with Crippen molar-refractivity contribution in [2.45, 2.75) is 39.3 Å². The number of rotatable bonds is 8. The van der Waals surface area contributed by atoms with Gasteiger partial charge in [0.1, 0.15) is 5.60 Å². The van der Waals surface area contributed by atoms with Gasteiger partial charge in [0, 0.05) is 25.8 Å². The third-order valence-corrected chi connectivity index (χ3v) is 3.90. The van der Waals surface area contributed by atoms with E-state index in [0.717, 1.165) is 37.6 Å². The van der Waals surface area contributed by atoms with E-state index >= 15 is 0 Å². The molecule has 0 spiro atoms. The average Bonchev–Trinajstić information content (AvgIpc) is 3.02. The van der Waals surface area contributed by atoms with E-state index < -0.39 is 5.60 Å². The summed E-state index contributed by atoms with van der Waals surface area (Å²) < 4.78 is 1.95. The maximum absolute atomic E-state index is 10.7. The van der Waals surface area contributed by atoms with Gasteiger partial charge in [-0.25, -0.2) is 4.99 Å². The topological polar surface area (TPSA) is 74.5 Å². The molecule has 0 amide bonds. The van der Waals surface area contributed by atoms with E-state index in [2.05, 4.69) is 20.7 Å². The summed E-state index contributed by atoms with van der Waals surface area (Å²) in [5.41, 5.74) is 1.05. The number of benzene rings is 1. The Bertz CT molecular complexity index is 663. The van der Waals surface area contributed by atoms with Crippen molar-refractivity contribution in [1.29, 1.82) is 0 Å². The first-order chi connectivity index (χ1) is 12.0. The van der Waals surface area contributed by atoms with Gasteiger partial charge >= 0.3 is 0 Å². The van der Waals surface area contributed by atoms with Crippen LogP contribution in [0.1, 0.15) is 31.4 Å². The van der Waals surface area contributed by atoms with Gasteiger partial charge < -0.3 is 15.7 Å². The second-order valence-electron chi connectivity index (χ2n) is 6.40. The van der Waals surface area contributed by atoms with Crippen LogP contribution in [0.5, 0.6) is 0 Å². The number of nitrogens with zero attached hydrogens (tertiary/aromatic N) is 3.